The minimum absolute atomic E-state index is 0.00229. The van der Waals surface area contributed by atoms with Gasteiger partial charge in [-0.3, -0.25) is 9.59 Å². The molecule has 1 aliphatic heterocycles. The standard InChI is InChI=1S/C16H18BrNO3/c1-15(2)14(16(15,3)4)13(20)8-5-11-10(6-9(8)17)18-12(19)7-21-11/h5-6,14H,7H2,1-4H3,(H,18,19). The van der Waals surface area contributed by atoms with Crippen molar-refractivity contribution >= 4 is 33.3 Å². The first-order chi connectivity index (χ1) is 9.66. The average Bonchev–Trinajstić information content (AvgIpc) is 2.78. The molecule has 1 N–H and O–H groups in total. The number of fused-ring (bicyclic) bond motifs is 1. The first-order valence-corrected chi connectivity index (χ1v) is 7.76. The van der Waals surface area contributed by atoms with E-state index in [0.29, 0.717) is 21.5 Å². The number of anilines is 1. The quantitative estimate of drug-likeness (QED) is 0.827. The van der Waals surface area contributed by atoms with Gasteiger partial charge in [0.1, 0.15) is 5.75 Å². The van der Waals surface area contributed by atoms with E-state index in [0.717, 1.165) is 0 Å². The summed E-state index contributed by atoms with van der Waals surface area (Å²) in [5, 5.41) is 2.74. The number of ketones is 1. The molecule has 0 aromatic heterocycles. The van der Waals surface area contributed by atoms with Crippen molar-refractivity contribution in [2.24, 2.45) is 16.7 Å². The van der Waals surface area contributed by atoms with Crippen molar-refractivity contribution in [2.75, 3.05) is 11.9 Å². The lowest BCUT2D eigenvalue weighted by Crippen LogP contribution is -2.25. The van der Waals surface area contributed by atoms with Crippen LogP contribution in [-0.4, -0.2) is 18.3 Å². The van der Waals surface area contributed by atoms with Crippen LogP contribution in [0.15, 0.2) is 16.6 Å². The second-order valence-corrected chi connectivity index (χ2v) is 7.76. The number of halogens is 1. The monoisotopic (exact) mass is 351 g/mol. The molecule has 1 aromatic carbocycles. The number of hydrogen-bond acceptors (Lipinski definition) is 3. The summed E-state index contributed by atoms with van der Waals surface area (Å²) in [6.07, 6.45) is 0. The van der Waals surface area contributed by atoms with Crippen LogP contribution in [0.4, 0.5) is 5.69 Å². The van der Waals surface area contributed by atoms with Crippen molar-refractivity contribution in [1.29, 1.82) is 0 Å². The van der Waals surface area contributed by atoms with Crippen molar-refractivity contribution in [3.8, 4) is 5.75 Å². The number of carbonyl (C=O) groups is 2. The lowest BCUT2D eigenvalue weighted by atomic mass is 10.0. The Balaban J connectivity index is 1.97. The number of Topliss-reactive ketones (excluding diaryl/α,β-unsaturated/α-hetero) is 1. The first kappa shape index (κ1) is 14.6. The van der Waals surface area contributed by atoms with E-state index in [2.05, 4.69) is 48.9 Å². The minimum atomic E-state index is -0.182. The molecule has 1 saturated carbocycles. The van der Waals surface area contributed by atoms with Gasteiger partial charge < -0.3 is 10.1 Å². The third-order valence-electron chi connectivity index (χ3n) is 5.25. The van der Waals surface area contributed by atoms with Crippen LogP contribution < -0.4 is 10.1 Å². The van der Waals surface area contributed by atoms with Crippen molar-refractivity contribution in [1.82, 2.24) is 0 Å². The van der Waals surface area contributed by atoms with Gasteiger partial charge in [0.15, 0.2) is 12.4 Å². The van der Waals surface area contributed by atoms with Gasteiger partial charge >= 0.3 is 0 Å². The molecule has 4 nitrogen and oxygen atoms in total. The molecule has 112 valence electrons. The van der Waals surface area contributed by atoms with Crippen LogP contribution >= 0.6 is 15.9 Å². The molecule has 1 heterocycles. The van der Waals surface area contributed by atoms with Crippen LogP contribution in [-0.2, 0) is 4.79 Å². The third kappa shape index (κ3) is 2.01. The molecule has 0 unspecified atom stereocenters. The molecule has 0 spiro atoms. The Morgan fingerprint density at radius 1 is 1.29 bits per heavy atom. The van der Waals surface area contributed by atoms with Crippen LogP contribution in [0.2, 0.25) is 0 Å². The SMILES string of the molecule is CC1(C)C(C(=O)c2cc3c(cc2Br)NC(=O)CO3)C1(C)C. The second kappa shape index (κ2) is 4.32. The summed E-state index contributed by atoms with van der Waals surface area (Å²) in [7, 11) is 0. The normalized spacial score (nSPS) is 22.0. The number of nitrogens with one attached hydrogen (secondary N) is 1. The number of hydrogen-bond donors (Lipinski definition) is 1. The smallest absolute Gasteiger partial charge is 0.262 e. The molecule has 1 aliphatic carbocycles. The maximum Gasteiger partial charge on any atom is 0.262 e. The van der Waals surface area contributed by atoms with Crippen LogP contribution in [0, 0.1) is 16.7 Å². The highest BCUT2D eigenvalue weighted by Crippen LogP contribution is 2.69. The van der Waals surface area contributed by atoms with Crippen molar-refractivity contribution in [3.05, 3.63) is 22.2 Å². The fourth-order valence-electron chi connectivity index (χ4n) is 3.30. The molecule has 2 aliphatic rings. The topological polar surface area (TPSA) is 55.4 Å². The lowest BCUT2D eigenvalue weighted by Gasteiger charge is -2.19. The van der Waals surface area contributed by atoms with E-state index in [9.17, 15) is 9.59 Å². The molecule has 3 rings (SSSR count). The Morgan fingerprint density at radius 3 is 2.48 bits per heavy atom. The molecule has 0 radical (unpaired) electrons. The summed E-state index contributed by atoms with van der Waals surface area (Å²) in [5.41, 5.74) is 1.21. The highest BCUT2D eigenvalue weighted by molar-refractivity contribution is 9.10. The van der Waals surface area contributed by atoms with Gasteiger partial charge in [-0.2, -0.15) is 0 Å². The number of rotatable bonds is 2. The van der Waals surface area contributed by atoms with E-state index in [-0.39, 0.29) is 35.0 Å². The van der Waals surface area contributed by atoms with Crippen molar-refractivity contribution in [2.45, 2.75) is 27.7 Å². The predicted molar refractivity (Wildman–Crippen MR) is 83.6 cm³/mol. The van der Waals surface area contributed by atoms with E-state index in [4.69, 9.17) is 4.74 Å². The Kier molecular flexibility index (Phi) is 3.00. The van der Waals surface area contributed by atoms with Gasteiger partial charge in [0.25, 0.3) is 5.91 Å². The number of carbonyl (C=O) groups excluding carboxylic acids is 2. The predicted octanol–water partition coefficient (Wildman–Crippen LogP) is 3.64. The number of amides is 1. The highest BCUT2D eigenvalue weighted by Gasteiger charge is 2.68. The zero-order chi connectivity index (χ0) is 15.6. The van der Waals surface area contributed by atoms with Gasteiger partial charge in [-0.25, -0.2) is 0 Å². The fourth-order valence-corrected chi connectivity index (χ4v) is 3.84. The van der Waals surface area contributed by atoms with Crippen molar-refractivity contribution < 1.29 is 14.3 Å². The molecule has 1 aromatic rings. The number of ether oxygens (including phenoxy) is 1. The third-order valence-corrected chi connectivity index (χ3v) is 5.91. The second-order valence-electron chi connectivity index (χ2n) is 6.91. The molecular formula is C16H18BrNO3. The Morgan fingerprint density at radius 2 is 1.90 bits per heavy atom. The average molecular weight is 352 g/mol. The van der Waals surface area contributed by atoms with Gasteiger partial charge in [0.2, 0.25) is 0 Å². The molecule has 1 fully saturated rings. The minimum Gasteiger partial charge on any atom is -0.482 e. The largest absolute Gasteiger partial charge is 0.482 e. The molecule has 21 heavy (non-hydrogen) atoms. The fraction of sp³-hybridized carbons (Fsp3) is 0.500. The zero-order valence-electron chi connectivity index (χ0n) is 12.5. The van der Waals surface area contributed by atoms with E-state index in [1.165, 1.54) is 0 Å². The summed E-state index contributed by atoms with van der Waals surface area (Å²) >= 11 is 3.44. The molecule has 0 atom stereocenters. The Bertz CT molecular complexity index is 650. The zero-order valence-corrected chi connectivity index (χ0v) is 14.1. The highest BCUT2D eigenvalue weighted by atomic mass is 79.9. The maximum absolute atomic E-state index is 12.8. The van der Waals surface area contributed by atoms with Gasteiger partial charge in [-0.1, -0.05) is 27.7 Å². The van der Waals surface area contributed by atoms with E-state index in [1.54, 1.807) is 12.1 Å². The molecular weight excluding hydrogens is 334 g/mol. The van der Waals surface area contributed by atoms with Crippen LogP contribution in [0.3, 0.4) is 0 Å². The first-order valence-electron chi connectivity index (χ1n) is 6.96. The van der Waals surface area contributed by atoms with Crippen molar-refractivity contribution in [3.63, 3.8) is 0 Å². The summed E-state index contributed by atoms with van der Waals surface area (Å²) < 4.78 is 6.09. The Hall–Kier alpha value is -1.36. The molecule has 1 amide bonds. The van der Waals surface area contributed by atoms with Crippen LogP contribution in [0.25, 0.3) is 0 Å². The molecule has 5 heteroatoms. The van der Waals surface area contributed by atoms with Gasteiger partial charge in [-0.15, -0.1) is 0 Å². The van der Waals surface area contributed by atoms with E-state index < -0.39 is 0 Å². The summed E-state index contributed by atoms with van der Waals surface area (Å²) in [6, 6.07) is 3.47. The van der Waals surface area contributed by atoms with Gasteiger partial charge in [-0.05, 0) is 38.9 Å². The van der Waals surface area contributed by atoms with Gasteiger partial charge in [0, 0.05) is 16.0 Å². The van der Waals surface area contributed by atoms with Crippen LogP contribution in [0.1, 0.15) is 38.1 Å². The number of benzene rings is 1. The lowest BCUT2D eigenvalue weighted by molar-refractivity contribution is -0.118. The summed E-state index contributed by atoms with van der Waals surface area (Å²) in [5.74, 6) is 0.494. The van der Waals surface area contributed by atoms with Crippen LogP contribution in [0.5, 0.6) is 5.75 Å². The maximum atomic E-state index is 12.8. The molecule has 0 saturated heterocycles. The molecule has 0 bridgehead atoms. The van der Waals surface area contributed by atoms with Gasteiger partial charge in [0.05, 0.1) is 5.69 Å². The summed E-state index contributed by atoms with van der Waals surface area (Å²) in [6.45, 7) is 8.48. The van der Waals surface area contributed by atoms with E-state index >= 15 is 0 Å². The Labute approximate surface area is 132 Å². The van der Waals surface area contributed by atoms with E-state index in [1.807, 2.05) is 0 Å². The summed E-state index contributed by atoms with van der Waals surface area (Å²) in [4.78, 5) is 24.2.